The summed E-state index contributed by atoms with van der Waals surface area (Å²) in [6, 6.07) is 6.10. The van der Waals surface area contributed by atoms with Crippen LogP contribution in [-0.4, -0.2) is 30.4 Å². The van der Waals surface area contributed by atoms with E-state index in [4.69, 9.17) is 9.47 Å². The first kappa shape index (κ1) is 19.5. The van der Waals surface area contributed by atoms with Gasteiger partial charge >= 0.3 is 5.97 Å². The maximum Gasteiger partial charge on any atom is 0.338 e. The Morgan fingerprint density at radius 2 is 1.70 bits per heavy atom. The number of rotatable bonds is 12. The van der Waals surface area contributed by atoms with Crippen molar-refractivity contribution in [1.29, 1.82) is 0 Å². The molecule has 0 saturated carbocycles. The van der Waals surface area contributed by atoms with Gasteiger partial charge in [-0.2, -0.15) is 0 Å². The van der Waals surface area contributed by atoms with Crippen molar-refractivity contribution in [3.63, 3.8) is 0 Å². The van der Waals surface area contributed by atoms with Crippen LogP contribution in [0.2, 0.25) is 0 Å². The topological polar surface area (TPSA) is 55.8 Å². The van der Waals surface area contributed by atoms with Crippen LogP contribution >= 0.6 is 0 Å². The summed E-state index contributed by atoms with van der Waals surface area (Å²) in [6.45, 7) is 5.75. The van der Waals surface area contributed by atoms with E-state index < -0.39 is 0 Å². The largest absolute Gasteiger partial charge is 0.508 e. The van der Waals surface area contributed by atoms with E-state index in [1.54, 1.807) is 12.1 Å². The zero-order valence-corrected chi connectivity index (χ0v) is 14.4. The highest BCUT2D eigenvalue weighted by Crippen LogP contribution is 2.13. The molecule has 1 rings (SSSR count). The van der Waals surface area contributed by atoms with Gasteiger partial charge in [0.1, 0.15) is 5.75 Å². The molecule has 1 atom stereocenters. The van der Waals surface area contributed by atoms with Crippen LogP contribution in [0.4, 0.5) is 0 Å². The van der Waals surface area contributed by atoms with E-state index in [1.807, 2.05) is 6.92 Å². The average Bonchev–Trinajstić information content (AvgIpc) is 2.54. The third-order valence-corrected chi connectivity index (χ3v) is 3.70. The van der Waals surface area contributed by atoms with E-state index in [2.05, 4.69) is 6.92 Å². The molecule has 1 aromatic rings. The van der Waals surface area contributed by atoms with Crippen molar-refractivity contribution < 1.29 is 19.4 Å². The molecule has 4 heteroatoms. The fourth-order valence-corrected chi connectivity index (χ4v) is 2.28. The van der Waals surface area contributed by atoms with Gasteiger partial charge < -0.3 is 14.6 Å². The third-order valence-electron chi connectivity index (χ3n) is 3.70. The van der Waals surface area contributed by atoms with Crippen molar-refractivity contribution in [3.8, 4) is 5.75 Å². The van der Waals surface area contributed by atoms with Gasteiger partial charge in [0.25, 0.3) is 0 Å². The highest BCUT2D eigenvalue weighted by molar-refractivity contribution is 5.89. The van der Waals surface area contributed by atoms with Crippen LogP contribution in [0.5, 0.6) is 5.75 Å². The number of hydrogen-bond donors (Lipinski definition) is 1. The number of phenols is 1. The molecule has 0 bridgehead atoms. The summed E-state index contributed by atoms with van der Waals surface area (Å²) in [7, 11) is 0. The second kappa shape index (κ2) is 11.9. The monoisotopic (exact) mass is 322 g/mol. The summed E-state index contributed by atoms with van der Waals surface area (Å²) in [4.78, 5) is 11.9. The Kier molecular flexibility index (Phi) is 10.1. The molecule has 4 nitrogen and oxygen atoms in total. The van der Waals surface area contributed by atoms with Crippen molar-refractivity contribution in [2.45, 2.75) is 64.9 Å². The number of unbranched alkanes of at least 4 members (excludes halogenated alkanes) is 4. The average molecular weight is 322 g/mol. The first-order chi connectivity index (χ1) is 11.1. The molecule has 0 saturated heterocycles. The molecule has 0 aliphatic heterocycles. The number of carbonyl (C=O) groups is 1. The predicted molar refractivity (Wildman–Crippen MR) is 91.8 cm³/mol. The van der Waals surface area contributed by atoms with E-state index in [-0.39, 0.29) is 17.8 Å². The molecule has 1 aromatic carbocycles. The van der Waals surface area contributed by atoms with Gasteiger partial charge in [-0.25, -0.2) is 4.79 Å². The third kappa shape index (κ3) is 9.24. The van der Waals surface area contributed by atoms with Gasteiger partial charge in [-0.1, -0.05) is 26.2 Å². The van der Waals surface area contributed by atoms with Crippen molar-refractivity contribution >= 4 is 5.97 Å². The fourth-order valence-electron chi connectivity index (χ4n) is 2.28. The van der Waals surface area contributed by atoms with Crippen molar-refractivity contribution in [3.05, 3.63) is 29.8 Å². The fraction of sp³-hybridized carbons (Fsp3) is 0.632. The van der Waals surface area contributed by atoms with E-state index in [1.165, 1.54) is 31.4 Å². The number of ether oxygens (including phenoxy) is 2. The van der Waals surface area contributed by atoms with E-state index >= 15 is 0 Å². The Labute approximate surface area is 139 Å². The molecule has 0 radical (unpaired) electrons. The lowest BCUT2D eigenvalue weighted by molar-refractivity contribution is 0.0313. The van der Waals surface area contributed by atoms with Crippen molar-refractivity contribution in [2.75, 3.05) is 13.2 Å². The summed E-state index contributed by atoms with van der Waals surface area (Å²) in [5, 5.41) is 9.20. The smallest absolute Gasteiger partial charge is 0.338 e. The van der Waals surface area contributed by atoms with Crippen LogP contribution in [0, 0.1) is 0 Å². The molecule has 0 aliphatic carbocycles. The van der Waals surface area contributed by atoms with Crippen LogP contribution in [0.3, 0.4) is 0 Å². The van der Waals surface area contributed by atoms with Crippen LogP contribution in [-0.2, 0) is 9.47 Å². The molecular formula is C19H30O4. The van der Waals surface area contributed by atoms with E-state index in [0.29, 0.717) is 5.56 Å². The maximum absolute atomic E-state index is 11.9. The minimum atomic E-state index is -0.343. The van der Waals surface area contributed by atoms with Gasteiger partial charge in [0.05, 0.1) is 11.7 Å². The molecule has 0 aromatic heterocycles. The SMILES string of the molecule is CCCCCCOCCCCC(C)OC(=O)c1ccc(O)cc1. The van der Waals surface area contributed by atoms with Gasteiger partial charge in [0.15, 0.2) is 0 Å². The Hall–Kier alpha value is -1.55. The van der Waals surface area contributed by atoms with Crippen molar-refractivity contribution in [1.82, 2.24) is 0 Å². The zero-order chi connectivity index (χ0) is 16.9. The van der Waals surface area contributed by atoms with Gasteiger partial charge in [-0.15, -0.1) is 0 Å². The summed E-state index contributed by atoms with van der Waals surface area (Å²) < 4.78 is 11.0. The molecule has 23 heavy (non-hydrogen) atoms. The number of carbonyl (C=O) groups excluding carboxylic acids is 1. The normalized spacial score (nSPS) is 12.1. The van der Waals surface area contributed by atoms with Crippen LogP contribution < -0.4 is 0 Å². The Morgan fingerprint density at radius 1 is 1.04 bits per heavy atom. The molecule has 1 N–H and O–H groups in total. The zero-order valence-electron chi connectivity index (χ0n) is 14.4. The number of phenolic OH excluding ortho intramolecular Hbond substituents is 1. The molecule has 0 fully saturated rings. The minimum Gasteiger partial charge on any atom is -0.508 e. The van der Waals surface area contributed by atoms with Gasteiger partial charge in [0, 0.05) is 13.2 Å². The molecule has 0 amide bonds. The van der Waals surface area contributed by atoms with Gasteiger partial charge in [0.2, 0.25) is 0 Å². The van der Waals surface area contributed by atoms with Crippen LogP contribution in [0.1, 0.15) is 69.2 Å². The number of benzene rings is 1. The summed E-state index contributed by atoms with van der Waals surface area (Å²) in [5.74, 6) is -0.200. The second-order valence-corrected chi connectivity index (χ2v) is 5.93. The number of esters is 1. The molecular weight excluding hydrogens is 292 g/mol. The Bertz CT molecular complexity index is 428. The molecule has 1 unspecified atom stereocenters. The molecule has 130 valence electrons. The van der Waals surface area contributed by atoms with E-state index in [9.17, 15) is 9.90 Å². The first-order valence-electron chi connectivity index (χ1n) is 8.71. The summed E-state index contributed by atoms with van der Waals surface area (Å²) in [5.41, 5.74) is 0.463. The maximum atomic E-state index is 11.9. The summed E-state index contributed by atoms with van der Waals surface area (Å²) >= 11 is 0. The van der Waals surface area contributed by atoms with E-state index in [0.717, 1.165) is 38.9 Å². The first-order valence-corrected chi connectivity index (χ1v) is 8.71. The van der Waals surface area contributed by atoms with Crippen LogP contribution in [0.15, 0.2) is 24.3 Å². The Balaban J connectivity index is 2.04. The molecule has 0 spiro atoms. The van der Waals surface area contributed by atoms with Gasteiger partial charge in [-0.3, -0.25) is 0 Å². The standard InChI is InChI=1S/C19H30O4/c1-3-4-5-7-14-22-15-8-6-9-16(2)23-19(21)17-10-12-18(20)13-11-17/h10-13,16,20H,3-9,14-15H2,1-2H3. The highest BCUT2D eigenvalue weighted by Gasteiger charge is 2.11. The molecule has 0 heterocycles. The Morgan fingerprint density at radius 3 is 2.35 bits per heavy atom. The molecule has 0 aliphatic rings. The predicted octanol–water partition coefficient (Wildman–Crippen LogP) is 4.70. The number of hydrogen-bond acceptors (Lipinski definition) is 4. The minimum absolute atomic E-state index is 0.110. The quantitative estimate of drug-likeness (QED) is 0.447. The van der Waals surface area contributed by atoms with Crippen molar-refractivity contribution in [2.24, 2.45) is 0 Å². The lowest BCUT2D eigenvalue weighted by Crippen LogP contribution is -2.15. The lowest BCUT2D eigenvalue weighted by Gasteiger charge is -2.13. The number of aromatic hydroxyl groups is 1. The second-order valence-electron chi connectivity index (χ2n) is 5.93. The van der Waals surface area contributed by atoms with Crippen LogP contribution in [0.25, 0.3) is 0 Å². The summed E-state index contributed by atoms with van der Waals surface area (Å²) in [6.07, 6.45) is 7.64. The van der Waals surface area contributed by atoms with Gasteiger partial charge in [-0.05, 0) is 56.9 Å². The lowest BCUT2D eigenvalue weighted by atomic mass is 10.1. The highest BCUT2D eigenvalue weighted by atomic mass is 16.5.